The Labute approximate surface area is 213 Å². The highest BCUT2D eigenvalue weighted by atomic mass is 32.2. The lowest BCUT2D eigenvalue weighted by Crippen LogP contribution is -2.40. The van der Waals surface area contributed by atoms with Gasteiger partial charge in [-0.25, -0.2) is 22.2 Å². The summed E-state index contributed by atoms with van der Waals surface area (Å²) < 4.78 is 49.4. The van der Waals surface area contributed by atoms with Crippen LogP contribution in [0.15, 0.2) is 47.4 Å². The number of carbonyl (C=O) groups excluding carboxylic acids is 1. The number of benzene rings is 2. The number of sulfonamides is 1. The van der Waals surface area contributed by atoms with E-state index in [-0.39, 0.29) is 23.4 Å². The maximum absolute atomic E-state index is 13.2. The molecular formula is C24H28FN5O6S. The molecule has 3 aromatic rings. The lowest BCUT2D eigenvalue weighted by molar-refractivity contribution is -0.385. The average molecular weight is 534 g/mol. The van der Waals surface area contributed by atoms with Gasteiger partial charge in [-0.2, -0.15) is 5.10 Å². The fourth-order valence-electron chi connectivity index (χ4n) is 3.38. The molecule has 3 rings (SSSR count). The minimum absolute atomic E-state index is 0.00663. The Morgan fingerprint density at radius 2 is 1.78 bits per heavy atom. The third kappa shape index (κ3) is 6.49. The molecule has 0 radical (unpaired) electrons. The number of aromatic nitrogens is 2. The summed E-state index contributed by atoms with van der Waals surface area (Å²) in [7, 11) is -4.24. The van der Waals surface area contributed by atoms with Crippen molar-refractivity contribution in [2.75, 3.05) is 5.32 Å². The number of anilines is 1. The van der Waals surface area contributed by atoms with Crippen LogP contribution in [0.5, 0.6) is 11.6 Å². The van der Waals surface area contributed by atoms with E-state index < -0.39 is 42.8 Å². The molecule has 0 fully saturated rings. The number of nitrogens with zero attached hydrogens (tertiary/aromatic N) is 3. The van der Waals surface area contributed by atoms with Gasteiger partial charge >= 0.3 is 0 Å². The van der Waals surface area contributed by atoms with Gasteiger partial charge in [0.1, 0.15) is 16.5 Å². The van der Waals surface area contributed by atoms with Gasteiger partial charge in [0, 0.05) is 28.9 Å². The van der Waals surface area contributed by atoms with Crippen molar-refractivity contribution in [1.82, 2.24) is 14.5 Å². The fourth-order valence-corrected chi connectivity index (χ4v) is 4.95. The van der Waals surface area contributed by atoms with Crippen LogP contribution in [0.4, 0.5) is 15.8 Å². The summed E-state index contributed by atoms with van der Waals surface area (Å²) in [4.78, 5) is 23.1. The van der Waals surface area contributed by atoms with E-state index in [1.54, 1.807) is 41.5 Å². The molecule has 2 aromatic carbocycles. The Balaban J connectivity index is 2.08. The van der Waals surface area contributed by atoms with Gasteiger partial charge in [-0.3, -0.25) is 14.9 Å². The zero-order valence-electron chi connectivity index (χ0n) is 21.2. The lowest BCUT2D eigenvalue weighted by atomic mass is 10.1. The first-order valence-electron chi connectivity index (χ1n) is 11.3. The molecule has 0 atom stereocenters. The Morgan fingerprint density at radius 3 is 2.32 bits per heavy atom. The minimum Gasteiger partial charge on any atom is -0.438 e. The molecule has 0 saturated carbocycles. The van der Waals surface area contributed by atoms with E-state index in [2.05, 4.69) is 15.1 Å². The second kappa shape index (κ2) is 10.3. The van der Waals surface area contributed by atoms with Gasteiger partial charge in [0.05, 0.1) is 11.0 Å². The van der Waals surface area contributed by atoms with Crippen molar-refractivity contribution in [3.8, 4) is 11.6 Å². The summed E-state index contributed by atoms with van der Waals surface area (Å²) in [5.74, 6) is -1.14. The predicted octanol–water partition coefficient (Wildman–Crippen LogP) is 4.94. The van der Waals surface area contributed by atoms with Crippen molar-refractivity contribution in [1.29, 1.82) is 0 Å². The molecule has 0 aliphatic heterocycles. The van der Waals surface area contributed by atoms with E-state index in [9.17, 15) is 27.7 Å². The average Bonchev–Trinajstić information content (AvgIpc) is 3.10. The second-order valence-electron chi connectivity index (χ2n) is 9.62. The van der Waals surface area contributed by atoms with Gasteiger partial charge in [0.15, 0.2) is 5.69 Å². The van der Waals surface area contributed by atoms with Crippen molar-refractivity contribution in [3.63, 3.8) is 0 Å². The number of hydrogen-bond acceptors (Lipinski definition) is 7. The van der Waals surface area contributed by atoms with Crippen LogP contribution >= 0.6 is 0 Å². The third-order valence-electron chi connectivity index (χ3n) is 4.97. The quantitative estimate of drug-likeness (QED) is 0.308. The van der Waals surface area contributed by atoms with Crippen LogP contribution in [0.2, 0.25) is 0 Å². The highest BCUT2D eigenvalue weighted by Crippen LogP contribution is 2.36. The Morgan fingerprint density at radius 1 is 1.16 bits per heavy atom. The summed E-state index contributed by atoms with van der Waals surface area (Å²) in [6, 6.07) is 8.12. The van der Waals surface area contributed by atoms with Gasteiger partial charge in [0.2, 0.25) is 15.9 Å². The van der Waals surface area contributed by atoms with Crippen molar-refractivity contribution in [2.24, 2.45) is 0 Å². The first-order chi connectivity index (χ1) is 17.1. The molecule has 0 unspecified atom stereocenters. The monoisotopic (exact) mass is 533 g/mol. The Bertz CT molecular complexity index is 1440. The number of nitro groups is 1. The van der Waals surface area contributed by atoms with Crippen molar-refractivity contribution >= 4 is 27.3 Å². The van der Waals surface area contributed by atoms with Crippen molar-refractivity contribution < 1.29 is 27.3 Å². The molecule has 11 nitrogen and oxygen atoms in total. The standard InChI is InChI=1S/C24H28FN5O6S/c1-14(2)29-23(15(3)21(27-29)22(31)26-17-9-7-16(25)8-10-17)36-19-12-11-18(30(32)33)13-20(19)37(34,35)28-24(4,5)6/h7-14,28H,1-6H3,(H,26,31). The first-order valence-corrected chi connectivity index (χ1v) is 12.7. The van der Waals surface area contributed by atoms with Gasteiger partial charge in [-0.1, -0.05) is 0 Å². The van der Waals surface area contributed by atoms with Crippen LogP contribution in [-0.4, -0.2) is 34.6 Å². The lowest BCUT2D eigenvalue weighted by Gasteiger charge is -2.21. The number of non-ortho nitro benzene ring substituents is 1. The molecule has 0 spiro atoms. The second-order valence-corrected chi connectivity index (χ2v) is 11.3. The number of halogens is 1. The number of rotatable bonds is 8. The molecular weight excluding hydrogens is 505 g/mol. The van der Waals surface area contributed by atoms with Crippen molar-refractivity contribution in [3.05, 3.63) is 69.7 Å². The normalized spacial score (nSPS) is 12.0. The van der Waals surface area contributed by atoms with E-state index >= 15 is 0 Å². The Kier molecular flexibility index (Phi) is 7.70. The third-order valence-corrected chi connectivity index (χ3v) is 6.75. The number of nitrogens with one attached hydrogen (secondary N) is 2. The molecule has 37 heavy (non-hydrogen) atoms. The molecule has 0 saturated heterocycles. The molecule has 1 heterocycles. The highest BCUT2D eigenvalue weighted by molar-refractivity contribution is 7.89. The van der Waals surface area contributed by atoms with Gasteiger partial charge in [0.25, 0.3) is 11.6 Å². The van der Waals surface area contributed by atoms with Crippen LogP contribution < -0.4 is 14.8 Å². The molecule has 2 N–H and O–H groups in total. The van der Waals surface area contributed by atoms with E-state index in [4.69, 9.17) is 4.74 Å². The van der Waals surface area contributed by atoms with E-state index in [1.807, 2.05) is 0 Å². The number of nitro benzene ring substituents is 1. The van der Waals surface area contributed by atoms with E-state index in [0.717, 1.165) is 12.1 Å². The molecule has 198 valence electrons. The smallest absolute Gasteiger partial charge is 0.276 e. The maximum atomic E-state index is 13.2. The van der Waals surface area contributed by atoms with Gasteiger partial charge < -0.3 is 10.1 Å². The number of ether oxygens (including phenoxy) is 1. The van der Waals surface area contributed by atoms with Crippen LogP contribution in [0.1, 0.15) is 56.7 Å². The SMILES string of the molecule is Cc1c(C(=O)Nc2ccc(F)cc2)nn(C(C)C)c1Oc1ccc([N+](=O)[O-])cc1S(=O)(=O)NC(C)(C)C. The van der Waals surface area contributed by atoms with Crippen LogP contribution in [-0.2, 0) is 10.0 Å². The maximum Gasteiger partial charge on any atom is 0.276 e. The van der Waals surface area contributed by atoms with Crippen LogP contribution in [0, 0.1) is 22.9 Å². The molecule has 0 aliphatic rings. The van der Waals surface area contributed by atoms with Crippen LogP contribution in [0.25, 0.3) is 0 Å². The molecule has 0 bridgehead atoms. The topological polar surface area (TPSA) is 145 Å². The molecule has 13 heteroatoms. The zero-order valence-corrected chi connectivity index (χ0v) is 22.0. The van der Waals surface area contributed by atoms with Gasteiger partial charge in [-0.15, -0.1) is 0 Å². The zero-order chi connectivity index (χ0) is 27.7. The summed E-state index contributed by atoms with van der Waals surface area (Å²) in [6.07, 6.45) is 0. The van der Waals surface area contributed by atoms with Crippen LogP contribution in [0.3, 0.4) is 0 Å². The predicted molar refractivity (Wildman–Crippen MR) is 135 cm³/mol. The number of hydrogen-bond donors (Lipinski definition) is 2. The Hall–Kier alpha value is -3.84. The summed E-state index contributed by atoms with van der Waals surface area (Å²) in [6.45, 7) is 10.0. The number of amides is 1. The largest absolute Gasteiger partial charge is 0.438 e. The van der Waals surface area contributed by atoms with E-state index in [1.165, 1.54) is 35.0 Å². The van der Waals surface area contributed by atoms with Crippen molar-refractivity contribution in [2.45, 2.75) is 58.0 Å². The molecule has 0 aliphatic carbocycles. The summed E-state index contributed by atoms with van der Waals surface area (Å²) in [5, 5.41) is 18.3. The first kappa shape index (κ1) is 27.7. The summed E-state index contributed by atoms with van der Waals surface area (Å²) >= 11 is 0. The molecule has 1 amide bonds. The molecule has 1 aromatic heterocycles. The highest BCUT2D eigenvalue weighted by Gasteiger charge is 2.30. The minimum atomic E-state index is -4.24. The van der Waals surface area contributed by atoms with Gasteiger partial charge in [-0.05, 0) is 71.9 Å². The van der Waals surface area contributed by atoms with E-state index in [0.29, 0.717) is 11.3 Å². The number of carbonyl (C=O) groups is 1. The fraction of sp³-hybridized carbons (Fsp3) is 0.333. The summed E-state index contributed by atoms with van der Waals surface area (Å²) in [5.41, 5.74) is -0.646.